The highest BCUT2D eigenvalue weighted by atomic mass is 16.5. The van der Waals surface area contributed by atoms with E-state index in [9.17, 15) is 4.79 Å². The molecule has 0 aromatic heterocycles. The number of amides is 1. The molecular weight excluding hydrogens is 268 g/mol. The van der Waals surface area contributed by atoms with E-state index < -0.39 is 0 Å². The number of hydrogen-bond acceptors (Lipinski definition) is 5. The first kappa shape index (κ1) is 14.8. The molecule has 1 amide bonds. The second-order valence-corrected chi connectivity index (χ2v) is 6.55. The number of ether oxygens (including phenoxy) is 1. The summed E-state index contributed by atoms with van der Waals surface area (Å²) in [4.78, 5) is 13.8. The van der Waals surface area contributed by atoms with Gasteiger partial charge in [-0.05, 0) is 32.1 Å². The fraction of sp³-hybridized carbons (Fsp3) is 0.867. The first-order valence-corrected chi connectivity index (χ1v) is 7.95. The number of nitrogens with zero attached hydrogens (tertiary/aromatic N) is 2. The van der Waals surface area contributed by atoms with Crippen molar-refractivity contribution in [2.75, 3.05) is 32.8 Å². The highest BCUT2D eigenvalue weighted by Gasteiger charge is 2.43. The van der Waals surface area contributed by atoms with Crippen molar-refractivity contribution in [3.05, 3.63) is 0 Å². The average molecular weight is 292 g/mol. The number of carbonyl (C=O) groups is 1. The third-order valence-electron chi connectivity index (χ3n) is 4.76. The second-order valence-electron chi connectivity index (χ2n) is 6.55. The van der Waals surface area contributed by atoms with E-state index in [1.807, 2.05) is 6.07 Å². The molecular formula is C15H24N4O2. The van der Waals surface area contributed by atoms with Crippen LogP contribution in [0.3, 0.4) is 0 Å². The van der Waals surface area contributed by atoms with Gasteiger partial charge in [-0.2, -0.15) is 5.26 Å². The summed E-state index contributed by atoms with van der Waals surface area (Å²) in [6.45, 7) is 3.11. The first-order chi connectivity index (χ1) is 10.2. The normalized spacial score (nSPS) is 28.4. The van der Waals surface area contributed by atoms with Gasteiger partial charge >= 0.3 is 0 Å². The lowest BCUT2D eigenvalue weighted by Crippen LogP contribution is -2.47. The summed E-state index contributed by atoms with van der Waals surface area (Å²) in [5.74, 6) is -0.0619. The fourth-order valence-corrected chi connectivity index (χ4v) is 3.40. The molecule has 2 saturated heterocycles. The summed E-state index contributed by atoms with van der Waals surface area (Å²) in [6.07, 6.45) is 5.74. The molecule has 2 N–H and O–H groups in total. The van der Waals surface area contributed by atoms with Gasteiger partial charge in [-0.3, -0.25) is 9.69 Å². The second kappa shape index (κ2) is 6.30. The summed E-state index contributed by atoms with van der Waals surface area (Å²) < 4.78 is 6.11. The van der Waals surface area contributed by atoms with Crippen molar-refractivity contribution in [3.8, 4) is 6.07 Å². The Labute approximate surface area is 125 Å². The monoisotopic (exact) mass is 292 g/mol. The lowest BCUT2D eigenvalue weighted by Gasteiger charge is -2.38. The Balaban J connectivity index is 1.40. The minimum Gasteiger partial charge on any atom is -0.373 e. The first-order valence-electron chi connectivity index (χ1n) is 7.95. The molecule has 2 heterocycles. The number of hydrogen-bond donors (Lipinski definition) is 2. The minimum atomic E-state index is -0.0619. The molecule has 3 aliphatic rings. The van der Waals surface area contributed by atoms with E-state index in [-0.39, 0.29) is 18.1 Å². The van der Waals surface area contributed by atoms with Crippen molar-refractivity contribution >= 4 is 5.91 Å². The van der Waals surface area contributed by atoms with Crippen LogP contribution in [0.5, 0.6) is 0 Å². The van der Waals surface area contributed by atoms with E-state index in [2.05, 4.69) is 15.5 Å². The number of carbonyl (C=O) groups excluding carboxylic acids is 1. The van der Waals surface area contributed by atoms with E-state index >= 15 is 0 Å². The Kier molecular flexibility index (Phi) is 4.43. The standard InChI is InChI=1S/C15H24N4O2/c16-5-6-17-14(20)10-19-7-3-15(4-8-19)9-13(11-21-15)18-12-1-2-12/h12-13,18H,1-4,6-11H2,(H,17,20). The van der Waals surface area contributed by atoms with Gasteiger partial charge in [0.2, 0.25) is 5.91 Å². The van der Waals surface area contributed by atoms with E-state index in [1.165, 1.54) is 12.8 Å². The summed E-state index contributed by atoms with van der Waals surface area (Å²) in [5, 5.41) is 14.7. The van der Waals surface area contributed by atoms with Crippen LogP contribution in [0.2, 0.25) is 0 Å². The van der Waals surface area contributed by atoms with Crippen LogP contribution >= 0.6 is 0 Å². The van der Waals surface area contributed by atoms with Gasteiger partial charge in [0.15, 0.2) is 0 Å². The Morgan fingerprint density at radius 3 is 2.76 bits per heavy atom. The highest BCUT2D eigenvalue weighted by molar-refractivity contribution is 5.78. The van der Waals surface area contributed by atoms with Crippen LogP contribution in [0, 0.1) is 11.3 Å². The van der Waals surface area contributed by atoms with Crippen LogP contribution in [0.25, 0.3) is 0 Å². The number of likely N-dealkylation sites (tertiary alicyclic amines) is 1. The Morgan fingerprint density at radius 1 is 1.33 bits per heavy atom. The molecule has 1 spiro atoms. The summed E-state index contributed by atoms with van der Waals surface area (Å²) in [7, 11) is 0. The molecule has 0 bridgehead atoms. The molecule has 0 radical (unpaired) electrons. The summed E-state index contributed by atoms with van der Waals surface area (Å²) in [6, 6.07) is 3.17. The molecule has 6 heteroatoms. The molecule has 3 rings (SSSR count). The van der Waals surface area contributed by atoms with Gasteiger partial charge < -0.3 is 15.4 Å². The van der Waals surface area contributed by atoms with Gasteiger partial charge in [0.1, 0.15) is 6.54 Å². The van der Waals surface area contributed by atoms with Gasteiger partial charge in [-0.25, -0.2) is 0 Å². The lowest BCUT2D eigenvalue weighted by molar-refractivity contribution is -0.123. The van der Waals surface area contributed by atoms with Crippen molar-refractivity contribution < 1.29 is 9.53 Å². The predicted octanol–water partition coefficient (Wildman–Crippen LogP) is 0.00168. The molecule has 116 valence electrons. The largest absolute Gasteiger partial charge is 0.373 e. The maximum absolute atomic E-state index is 11.6. The zero-order valence-corrected chi connectivity index (χ0v) is 12.4. The molecule has 21 heavy (non-hydrogen) atoms. The fourth-order valence-electron chi connectivity index (χ4n) is 3.40. The van der Waals surface area contributed by atoms with Crippen LogP contribution in [-0.2, 0) is 9.53 Å². The number of rotatable bonds is 5. The van der Waals surface area contributed by atoms with Crippen molar-refractivity contribution in [1.82, 2.24) is 15.5 Å². The van der Waals surface area contributed by atoms with Crippen LogP contribution in [0.4, 0.5) is 0 Å². The highest BCUT2D eigenvalue weighted by Crippen LogP contribution is 2.36. The van der Waals surface area contributed by atoms with Crippen molar-refractivity contribution in [2.45, 2.75) is 49.8 Å². The van der Waals surface area contributed by atoms with Crippen molar-refractivity contribution in [2.24, 2.45) is 0 Å². The Morgan fingerprint density at radius 2 is 2.10 bits per heavy atom. The maximum Gasteiger partial charge on any atom is 0.235 e. The van der Waals surface area contributed by atoms with E-state index in [0.717, 1.165) is 45.0 Å². The lowest BCUT2D eigenvalue weighted by atomic mass is 9.87. The Hall–Kier alpha value is -1.16. The predicted molar refractivity (Wildman–Crippen MR) is 77.5 cm³/mol. The van der Waals surface area contributed by atoms with Crippen LogP contribution in [0.15, 0.2) is 0 Å². The molecule has 1 saturated carbocycles. The van der Waals surface area contributed by atoms with Crippen molar-refractivity contribution in [3.63, 3.8) is 0 Å². The SMILES string of the molecule is N#CCNC(=O)CN1CCC2(CC1)CC(NC1CC1)CO2. The third-order valence-corrected chi connectivity index (χ3v) is 4.76. The van der Waals surface area contributed by atoms with Gasteiger partial charge in [0, 0.05) is 25.2 Å². The van der Waals surface area contributed by atoms with Crippen molar-refractivity contribution in [1.29, 1.82) is 5.26 Å². The maximum atomic E-state index is 11.6. The summed E-state index contributed by atoms with van der Waals surface area (Å²) >= 11 is 0. The van der Waals surface area contributed by atoms with Gasteiger partial charge in [0.25, 0.3) is 0 Å². The molecule has 1 aliphatic carbocycles. The molecule has 0 aromatic rings. The number of piperidine rings is 1. The minimum absolute atomic E-state index is 0.0339. The summed E-state index contributed by atoms with van der Waals surface area (Å²) in [5.41, 5.74) is 0.0339. The number of nitriles is 1. The van der Waals surface area contributed by atoms with E-state index in [1.54, 1.807) is 0 Å². The zero-order chi connectivity index (χ0) is 14.7. The molecule has 3 fully saturated rings. The molecule has 6 nitrogen and oxygen atoms in total. The van der Waals surface area contributed by atoms with Gasteiger partial charge in [0.05, 0.1) is 24.8 Å². The van der Waals surface area contributed by atoms with Crippen LogP contribution in [-0.4, -0.2) is 61.3 Å². The smallest absolute Gasteiger partial charge is 0.235 e. The van der Waals surface area contributed by atoms with Crippen LogP contribution < -0.4 is 10.6 Å². The van der Waals surface area contributed by atoms with E-state index in [4.69, 9.17) is 10.00 Å². The zero-order valence-electron chi connectivity index (χ0n) is 12.4. The molecule has 1 atom stereocenters. The van der Waals surface area contributed by atoms with Crippen LogP contribution in [0.1, 0.15) is 32.1 Å². The Bertz CT molecular complexity index is 422. The van der Waals surface area contributed by atoms with Gasteiger partial charge in [-0.15, -0.1) is 0 Å². The van der Waals surface area contributed by atoms with Gasteiger partial charge in [-0.1, -0.05) is 0 Å². The molecule has 1 unspecified atom stereocenters. The quantitative estimate of drug-likeness (QED) is 0.698. The van der Waals surface area contributed by atoms with E-state index in [0.29, 0.717) is 12.6 Å². The average Bonchev–Trinajstić information content (AvgIpc) is 3.21. The molecule has 0 aromatic carbocycles. The number of nitrogens with one attached hydrogen (secondary N) is 2. The molecule has 2 aliphatic heterocycles. The topological polar surface area (TPSA) is 77.4 Å². The third kappa shape index (κ3) is 3.94.